The fourth-order valence-electron chi connectivity index (χ4n) is 1.83. The van der Waals surface area contributed by atoms with Gasteiger partial charge in [-0.1, -0.05) is 30.3 Å². The van der Waals surface area contributed by atoms with E-state index in [1.807, 2.05) is 54.6 Å². The number of rotatable bonds is 3. The smallest absolute Gasteiger partial charge is 0.230 e. The molecule has 4 heteroatoms. The number of ether oxygens (including phenoxy) is 1. The van der Waals surface area contributed by atoms with Crippen LogP contribution in [0.1, 0.15) is 5.82 Å². The topological polar surface area (TPSA) is 35.0 Å². The lowest BCUT2D eigenvalue weighted by atomic mass is 10.2. The molecule has 3 rings (SSSR count). The average molecular weight is 271 g/mol. The number of para-hydroxylation sites is 2. The minimum atomic E-state index is 0.260. The second-order valence-corrected chi connectivity index (χ2v) is 4.28. The van der Waals surface area contributed by atoms with Crippen LogP contribution in [0.5, 0.6) is 11.6 Å². The minimum Gasteiger partial charge on any atom is -0.438 e. The van der Waals surface area contributed by atoms with E-state index in [-0.39, 0.29) is 5.88 Å². The molecular formula is C15H11ClN2O. The number of halogens is 1. The van der Waals surface area contributed by atoms with Crippen molar-refractivity contribution in [2.45, 2.75) is 5.88 Å². The molecule has 94 valence electrons. The minimum absolute atomic E-state index is 0.260. The van der Waals surface area contributed by atoms with Gasteiger partial charge in [0.05, 0.1) is 16.8 Å². The molecule has 0 amide bonds. The maximum atomic E-state index is 5.82. The first-order chi connectivity index (χ1) is 9.36. The number of hydrogen-bond acceptors (Lipinski definition) is 3. The molecule has 3 aromatic rings. The Hall–Kier alpha value is -2.13. The van der Waals surface area contributed by atoms with E-state index in [4.69, 9.17) is 16.3 Å². The highest BCUT2D eigenvalue weighted by molar-refractivity contribution is 6.16. The Morgan fingerprint density at radius 2 is 1.63 bits per heavy atom. The van der Waals surface area contributed by atoms with Crippen LogP contribution in [-0.2, 0) is 5.88 Å². The summed E-state index contributed by atoms with van der Waals surface area (Å²) in [4.78, 5) is 8.72. The summed E-state index contributed by atoms with van der Waals surface area (Å²) >= 11 is 5.82. The summed E-state index contributed by atoms with van der Waals surface area (Å²) in [5.74, 6) is 2.10. The number of aromatic nitrogens is 2. The third-order valence-corrected chi connectivity index (χ3v) is 2.93. The lowest BCUT2D eigenvalue weighted by Crippen LogP contribution is -1.97. The van der Waals surface area contributed by atoms with Gasteiger partial charge in [-0.2, -0.15) is 4.98 Å². The summed E-state index contributed by atoms with van der Waals surface area (Å²) < 4.78 is 5.82. The zero-order valence-electron chi connectivity index (χ0n) is 10.1. The van der Waals surface area contributed by atoms with Gasteiger partial charge in [0.1, 0.15) is 11.6 Å². The lowest BCUT2D eigenvalue weighted by molar-refractivity contribution is 0.466. The Kier molecular flexibility index (Phi) is 3.29. The Bertz CT molecular complexity index is 701. The molecule has 1 aromatic heterocycles. The molecule has 0 fully saturated rings. The van der Waals surface area contributed by atoms with Crippen molar-refractivity contribution in [2.24, 2.45) is 0 Å². The summed E-state index contributed by atoms with van der Waals surface area (Å²) in [5, 5.41) is 0.875. The van der Waals surface area contributed by atoms with Gasteiger partial charge < -0.3 is 4.74 Å². The van der Waals surface area contributed by atoms with Gasteiger partial charge in [0.25, 0.3) is 0 Å². The fourth-order valence-corrected chi connectivity index (χ4v) is 1.95. The van der Waals surface area contributed by atoms with Crippen LogP contribution in [0.3, 0.4) is 0 Å². The first-order valence-electron chi connectivity index (χ1n) is 5.91. The summed E-state index contributed by atoms with van der Waals surface area (Å²) in [7, 11) is 0. The molecule has 0 saturated carbocycles. The summed E-state index contributed by atoms with van der Waals surface area (Å²) in [6.07, 6.45) is 0. The second kappa shape index (κ2) is 5.24. The van der Waals surface area contributed by atoms with Crippen LogP contribution in [0.2, 0.25) is 0 Å². The third kappa shape index (κ3) is 2.51. The van der Waals surface area contributed by atoms with E-state index < -0.39 is 0 Å². The highest BCUT2D eigenvalue weighted by Gasteiger charge is 2.08. The van der Waals surface area contributed by atoms with Crippen LogP contribution in [0.4, 0.5) is 0 Å². The predicted molar refractivity (Wildman–Crippen MR) is 75.6 cm³/mol. The molecule has 3 nitrogen and oxygen atoms in total. The van der Waals surface area contributed by atoms with Gasteiger partial charge in [-0.05, 0) is 24.3 Å². The van der Waals surface area contributed by atoms with Gasteiger partial charge in [0.2, 0.25) is 5.88 Å². The number of fused-ring (bicyclic) bond motifs is 1. The lowest BCUT2D eigenvalue weighted by Gasteiger charge is -2.08. The van der Waals surface area contributed by atoms with Crippen LogP contribution in [-0.4, -0.2) is 9.97 Å². The number of alkyl halides is 1. The van der Waals surface area contributed by atoms with Gasteiger partial charge in [-0.25, -0.2) is 4.98 Å². The maximum absolute atomic E-state index is 5.82. The quantitative estimate of drug-likeness (QED) is 0.670. The summed E-state index contributed by atoms with van der Waals surface area (Å²) in [6.45, 7) is 0. The van der Waals surface area contributed by atoms with E-state index in [1.165, 1.54) is 0 Å². The SMILES string of the molecule is ClCc1nc(Oc2ccccc2)c2ccccc2n1. The molecule has 0 radical (unpaired) electrons. The van der Waals surface area contributed by atoms with Crippen LogP contribution in [0.25, 0.3) is 10.9 Å². The van der Waals surface area contributed by atoms with Crippen molar-refractivity contribution in [3.8, 4) is 11.6 Å². The maximum Gasteiger partial charge on any atom is 0.230 e. The monoisotopic (exact) mass is 270 g/mol. The highest BCUT2D eigenvalue weighted by atomic mass is 35.5. The average Bonchev–Trinajstić information content (AvgIpc) is 2.48. The Balaban J connectivity index is 2.11. The molecule has 0 aliphatic rings. The normalized spacial score (nSPS) is 10.6. The Labute approximate surface area is 115 Å². The molecule has 0 aliphatic heterocycles. The number of hydrogen-bond donors (Lipinski definition) is 0. The molecule has 19 heavy (non-hydrogen) atoms. The van der Waals surface area contributed by atoms with E-state index in [0.29, 0.717) is 11.7 Å². The molecule has 2 aromatic carbocycles. The molecule has 1 heterocycles. The van der Waals surface area contributed by atoms with Crippen LogP contribution in [0.15, 0.2) is 54.6 Å². The Morgan fingerprint density at radius 1 is 0.895 bits per heavy atom. The molecule has 0 saturated heterocycles. The van der Waals surface area contributed by atoms with Crippen LogP contribution < -0.4 is 4.74 Å². The first-order valence-corrected chi connectivity index (χ1v) is 6.45. The molecule has 0 bridgehead atoms. The van der Waals surface area contributed by atoms with E-state index in [2.05, 4.69) is 9.97 Å². The van der Waals surface area contributed by atoms with Crippen LogP contribution >= 0.6 is 11.6 Å². The standard InChI is InChI=1S/C15H11ClN2O/c16-10-14-17-13-9-5-4-8-12(13)15(18-14)19-11-6-2-1-3-7-11/h1-9H,10H2. The first kappa shape index (κ1) is 11.9. The van der Waals surface area contributed by atoms with Gasteiger partial charge >= 0.3 is 0 Å². The van der Waals surface area contributed by atoms with Crippen molar-refractivity contribution in [2.75, 3.05) is 0 Å². The van der Waals surface area contributed by atoms with Crippen molar-refractivity contribution in [3.05, 3.63) is 60.4 Å². The fraction of sp³-hybridized carbons (Fsp3) is 0.0667. The van der Waals surface area contributed by atoms with Gasteiger partial charge in [-0.3, -0.25) is 0 Å². The van der Waals surface area contributed by atoms with Crippen molar-refractivity contribution >= 4 is 22.5 Å². The van der Waals surface area contributed by atoms with Gasteiger partial charge in [0, 0.05) is 0 Å². The van der Waals surface area contributed by atoms with Crippen LogP contribution in [0, 0.1) is 0 Å². The predicted octanol–water partition coefficient (Wildman–Crippen LogP) is 4.16. The number of benzene rings is 2. The number of nitrogens with zero attached hydrogens (tertiary/aromatic N) is 2. The third-order valence-electron chi connectivity index (χ3n) is 2.69. The molecular weight excluding hydrogens is 260 g/mol. The van der Waals surface area contributed by atoms with E-state index >= 15 is 0 Å². The highest BCUT2D eigenvalue weighted by Crippen LogP contribution is 2.27. The van der Waals surface area contributed by atoms with E-state index in [1.54, 1.807) is 0 Å². The molecule has 0 aliphatic carbocycles. The largest absolute Gasteiger partial charge is 0.438 e. The van der Waals surface area contributed by atoms with E-state index in [9.17, 15) is 0 Å². The zero-order valence-corrected chi connectivity index (χ0v) is 10.8. The second-order valence-electron chi connectivity index (χ2n) is 4.01. The zero-order chi connectivity index (χ0) is 13.1. The molecule has 0 atom stereocenters. The van der Waals surface area contributed by atoms with Gasteiger partial charge in [0.15, 0.2) is 0 Å². The Morgan fingerprint density at radius 3 is 2.42 bits per heavy atom. The van der Waals surface area contributed by atoms with Crippen molar-refractivity contribution < 1.29 is 4.74 Å². The van der Waals surface area contributed by atoms with Crippen molar-refractivity contribution in [3.63, 3.8) is 0 Å². The van der Waals surface area contributed by atoms with Crippen molar-refractivity contribution in [1.82, 2.24) is 9.97 Å². The van der Waals surface area contributed by atoms with Crippen molar-refractivity contribution in [1.29, 1.82) is 0 Å². The summed E-state index contributed by atoms with van der Waals surface area (Å²) in [5.41, 5.74) is 0.832. The molecule has 0 unspecified atom stereocenters. The van der Waals surface area contributed by atoms with Gasteiger partial charge in [-0.15, -0.1) is 11.6 Å². The summed E-state index contributed by atoms with van der Waals surface area (Å²) in [6, 6.07) is 17.3. The van der Waals surface area contributed by atoms with E-state index in [0.717, 1.165) is 16.7 Å². The molecule has 0 spiro atoms. The molecule has 0 N–H and O–H groups in total.